The predicted molar refractivity (Wildman–Crippen MR) is 154 cm³/mol. The van der Waals surface area contributed by atoms with Gasteiger partial charge < -0.3 is 30.9 Å². The van der Waals surface area contributed by atoms with Gasteiger partial charge >= 0.3 is 0 Å². The first-order chi connectivity index (χ1) is 19.4. The van der Waals surface area contributed by atoms with Crippen LogP contribution in [-0.4, -0.2) is 79.6 Å². The van der Waals surface area contributed by atoms with Crippen molar-refractivity contribution in [2.75, 3.05) is 36.2 Å². The van der Waals surface area contributed by atoms with Crippen molar-refractivity contribution in [1.29, 1.82) is 0 Å². The first-order valence-electron chi connectivity index (χ1n) is 13.1. The summed E-state index contributed by atoms with van der Waals surface area (Å²) < 4.78 is 6.18. The van der Waals surface area contributed by atoms with Crippen LogP contribution in [0.15, 0.2) is 23.8 Å². The zero-order valence-corrected chi connectivity index (χ0v) is 23.6. The maximum absolute atomic E-state index is 12.9. The van der Waals surface area contributed by atoms with Crippen molar-refractivity contribution in [3.05, 3.63) is 35.2 Å². The average Bonchev–Trinajstić information content (AvgIpc) is 3.35. The minimum absolute atomic E-state index is 0.198. The first-order valence-corrected chi connectivity index (χ1v) is 14.8. The highest BCUT2D eigenvalue weighted by Crippen LogP contribution is 2.44. The molecule has 4 atom stereocenters. The average molecular weight is 583 g/mol. The van der Waals surface area contributed by atoms with Gasteiger partial charge in [-0.1, -0.05) is 0 Å². The number of hydrogen-bond acceptors (Lipinski definition) is 13. The highest BCUT2D eigenvalue weighted by atomic mass is 32.1. The third-order valence-electron chi connectivity index (χ3n) is 7.20. The number of aliphatic hydroxyl groups excluding tert-OH is 2. The summed E-state index contributed by atoms with van der Waals surface area (Å²) in [6, 6.07) is 1.33. The van der Waals surface area contributed by atoms with Crippen LogP contribution in [0.1, 0.15) is 36.6 Å². The molecule has 210 valence electrons. The summed E-state index contributed by atoms with van der Waals surface area (Å²) >= 11 is 2.83. The fourth-order valence-electron chi connectivity index (χ4n) is 5.01. The summed E-state index contributed by atoms with van der Waals surface area (Å²) in [5.74, 6) is 0.0938. The fourth-order valence-corrected chi connectivity index (χ4v) is 6.61. The summed E-state index contributed by atoms with van der Waals surface area (Å²) in [5.41, 5.74) is 3.32. The number of carbonyl (C=O) groups is 1. The number of amides is 1. The van der Waals surface area contributed by atoms with Gasteiger partial charge in [-0.3, -0.25) is 9.78 Å². The fraction of sp³-hybridized carbons (Fsp3) is 0.462. The first kappa shape index (κ1) is 26.9. The maximum atomic E-state index is 12.9. The lowest BCUT2D eigenvalue weighted by molar-refractivity contribution is -0.123. The molecule has 2 saturated carbocycles. The van der Waals surface area contributed by atoms with Crippen LogP contribution in [0.3, 0.4) is 0 Å². The number of fused-ring (bicyclic) bond motifs is 1. The van der Waals surface area contributed by atoms with Crippen molar-refractivity contribution < 1.29 is 19.7 Å². The van der Waals surface area contributed by atoms with Crippen molar-refractivity contribution in [2.24, 2.45) is 5.92 Å². The highest BCUT2D eigenvalue weighted by Gasteiger charge is 2.45. The van der Waals surface area contributed by atoms with Crippen LogP contribution in [0.25, 0.3) is 20.8 Å². The van der Waals surface area contributed by atoms with Gasteiger partial charge in [0.15, 0.2) is 5.13 Å². The molecule has 4 aromatic rings. The molecule has 40 heavy (non-hydrogen) atoms. The van der Waals surface area contributed by atoms with Crippen LogP contribution in [-0.2, 0) is 9.53 Å². The van der Waals surface area contributed by atoms with E-state index in [1.807, 2.05) is 19.2 Å². The maximum Gasteiger partial charge on any atom is 0.232 e. The number of aromatic nitrogens is 5. The Kier molecular flexibility index (Phi) is 7.59. The number of aliphatic hydroxyl groups is 2. The molecule has 4 heterocycles. The second kappa shape index (κ2) is 11.3. The summed E-state index contributed by atoms with van der Waals surface area (Å²) in [5, 5.41) is 33.9. The van der Waals surface area contributed by atoms with Gasteiger partial charge in [-0.05, 0) is 32.3 Å². The number of thiazole rings is 2. The van der Waals surface area contributed by atoms with Crippen LogP contribution >= 0.6 is 22.7 Å². The van der Waals surface area contributed by atoms with Crippen LogP contribution in [0.2, 0.25) is 0 Å². The number of nitrogens with one attached hydrogen (secondary N) is 3. The Morgan fingerprint density at radius 1 is 1.15 bits per heavy atom. The van der Waals surface area contributed by atoms with Gasteiger partial charge in [0.25, 0.3) is 0 Å². The smallest absolute Gasteiger partial charge is 0.232 e. The minimum atomic E-state index is -1.25. The Morgan fingerprint density at radius 3 is 2.75 bits per heavy atom. The van der Waals surface area contributed by atoms with Gasteiger partial charge in [0.2, 0.25) is 11.9 Å². The van der Waals surface area contributed by atoms with Crippen molar-refractivity contribution >= 4 is 55.7 Å². The molecule has 2 aliphatic rings. The molecule has 4 aromatic heterocycles. The number of methoxy groups -OCH3 is 1. The topological polar surface area (TPSA) is 167 Å². The lowest BCUT2D eigenvalue weighted by atomic mass is 10.1. The largest absolute Gasteiger partial charge is 0.390 e. The van der Waals surface area contributed by atoms with E-state index in [0.29, 0.717) is 47.2 Å². The quantitative estimate of drug-likeness (QED) is 0.174. The molecule has 14 heteroatoms. The number of ether oxygens (including phenoxy) is 1. The molecule has 2 aliphatic carbocycles. The Hall–Kier alpha value is -3.30. The van der Waals surface area contributed by atoms with Gasteiger partial charge in [-0.15, -0.1) is 22.7 Å². The Bertz CT molecular complexity index is 1510. The molecule has 0 radical (unpaired) electrons. The van der Waals surface area contributed by atoms with Gasteiger partial charge in [0.1, 0.15) is 22.4 Å². The van der Waals surface area contributed by atoms with Crippen molar-refractivity contribution in [3.63, 3.8) is 0 Å². The number of pyridine rings is 1. The van der Waals surface area contributed by atoms with Crippen LogP contribution in [0, 0.1) is 12.8 Å². The summed E-state index contributed by atoms with van der Waals surface area (Å²) in [4.78, 5) is 36.0. The summed E-state index contributed by atoms with van der Waals surface area (Å²) in [6.07, 6.45) is 3.41. The number of rotatable bonds is 10. The molecule has 2 fully saturated rings. The number of nitrogens with zero attached hydrogens (tertiary/aromatic N) is 5. The normalized spacial score (nSPS) is 22.5. The molecule has 1 amide bonds. The van der Waals surface area contributed by atoms with Crippen LogP contribution in [0.4, 0.5) is 16.9 Å². The standard InChI is InChI=1S/C26H30N8O4S2/c1-12-17(24-32-19-16(40-24)5-6-27-18(19)13-3-4-13)22(33-25(30-12)28-7-9-38-2)31-15-11-14(20(35)21(15)36)23(37)34-26-29-8-10-39-26/h5-6,8,10,13-15,20-21,35-36H,3-4,7,9,11H2,1-2H3,(H,29,34,37)(H2,28,30,31,33). The van der Waals surface area contributed by atoms with E-state index in [9.17, 15) is 15.0 Å². The molecule has 0 aromatic carbocycles. The molecular weight excluding hydrogens is 552 g/mol. The number of anilines is 3. The highest BCUT2D eigenvalue weighted by molar-refractivity contribution is 7.21. The van der Waals surface area contributed by atoms with E-state index >= 15 is 0 Å². The zero-order valence-electron chi connectivity index (χ0n) is 22.0. The van der Waals surface area contributed by atoms with Gasteiger partial charge in [0.05, 0.1) is 46.3 Å². The van der Waals surface area contributed by atoms with E-state index < -0.39 is 30.1 Å². The number of carbonyl (C=O) groups excluding carboxylic acids is 1. The SMILES string of the molecule is COCCNc1nc(C)c(-c2nc3c(C4CC4)nccc3s2)c(NC2CC(C(=O)Nc3nccs3)C(O)C2O)n1. The lowest BCUT2D eigenvalue weighted by Gasteiger charge is -2.21. The van der Waals surface area contributed by atoms with E-state index in [4.69, 9.17) is 14.7 Å². The molecule has 5 N–H and O–H groups in total. The summed E-state index contributed by atoms with van der Waals surface area (Å²) in [6.45, 7) is 2.88. The van der Waals surface area contributed by atoms with Crippen LogP contribution < -0.4 is 16.0 Å². The monoisotopic (exact) mass is 582 g/mol. The third kappa shape index (κ3) is 5.37. The molecule has 0 spiro atoms. The summed E-state index contributed by atoms with van der Waals surface area (Å²) in [7, 11) is 1.62. The van der Waals surface area contributed by atoms with Crippen LogP contribution in [0.5, 0.6) is 0 Å². The molecule has 12 nitrogen and oxygen atoms in total. The Labute approximate surface area is 238 Å². The molecule has 6 rings (SSSR count). The van der Waals surface area contributed by atoms with Crippen molar-refractivity contribution in [3.8, 4) is 10.6 Å². The van der Waals surface area contributed by atoms with E-state index in [1.165, 1.54) is 22.7 Å². The molecular formula is C26H30N8O4S2. The molecule has 4 unspecified atom stereocenters. The molecule has 0 saturated heterocycles. The molecule has 0 bridgehead atoms. The predicted octanol–water partition coefficient (Wildman–Crippen LogP) is 3.01. The van der Waals surface area contributed by atoms with Gasteiger partial charge in [-0.2, -0.15) is 4.98 Å². The minimum Gasteiger partial charge on any atom is -0.390 e. The van der Waals surface area contributed by atoms with E-state index in [1.54, 1.807) is 18.7 Å². The van der Waals surface area contributed by atoms with E-state index in [0.717, 1.165) is 33.8 Å². The Balaban J connectivity index is 1.32. The number of hydrogen-bond donors (Lipinski definition) is 5. The zero-order chi connectivity index (χ0) is 27.8. The van der Waals surface area contributed by atoms with Crippen molar-refractivity contribution in [2.45, 2.75) is 50.4 Å². The van der Waals surface area contributed by atoms with E-state index in [-0.39, 0.29) is 6.42 Å². The van der Waals surface area contributed by atoms with Gasteiger partial charge in [-0.25, -0.2) is 15.0 Å². The van der Waals surface area contributed by atoms with Gasteiger partial charge in [0, 0.05) is 37.3 Å². The second-order valence-electron chi connectivity index (χ2n) is 10.0. The Morgan fingerprint density at radius 2 is 2.00 bits per heavy atom. The van der Waals surface area contributed by atoms with Crippen molar-refractivity contribution in [1.82, 2.24) is 24.9 Å². The third-order valence-corrected chi connectivity index (χ3v) is 8.92. The molecule has 0 aliphatic heterocycles. The number of aryl methyl sites for hydroxylation is 1. The van der Waals surface area contributed by atoms with E-state index in [2.05, 4.69) is 30.9 Å². The lowest BCUT2D eigenvalue weighted by Crippen LogP contribution is -2.37. The second-order valence-corrected chi connectivity index (χ2v) is 11.9.